The van der Waals surface area contributed by atoms with Crippen molar-refractivity contribution in [3.63, 3.8) is 0 Å². The van der Waals surface area contributed by atoms with Crippen molar-refractivity contribution in [2.75, 3.05) is 23.7 Å². The molecule has 0 radical (unpaired) electrons. The van der Waals surface area contributed by atoms with Gasteiger partial charge in [0.25, 0.3) is 11.5 Å². The number of aliphatic hydroxyl groups is 1. The second-order valence-corrected chi connectivity index (χ2v) is 11.5. The van der Waals surface area contributed by atoms with Gasteiger partial charge in [-0.1, -0.05) is 24.3 Å². The molecule has 1 amide bonds. The van der Waals surface area contributed by atoms with E-state index in [0.29, 0.717) is 42.1 Å². The fourth-order valence-corrected chi connectivity index (χ4v) is 5.92. The van der Waals surface area contributed by atoms with E-state index in [2.05, 4.69) is 25.5 Å². The lowest BCUT2D eigenvalue weighted by molar-refractivity contribution is 0.102. The molecule has 1 saturated heterocycles. The van der Waals surface area contributed by atoms with Gasteiger partial charge in [0.15, 0.2) is 12.1 Å². The van der Waals surface area contributed by atoms with Crippen molar-refractivity contribution in [1.29, 1.82) is 0 Å². The smallest absolute Gasteiger partial charge is 0.263 e. The zero-order valence-corrected chi connectivity index (χ0v) is 25.4. The first-order valence-corrected chi connectivity index (χ1v) is 14.8. The van der Waals surface area contributed by atoms with E-state index < -0.39 is 5.91 Å². The Morgan fingerprint density at radius 3 is 2.49 bits per heavy atom. The highest BCUT2D eigenvalue weighted by Crippen LogP contribution is 2.35. The Hall–Kier alpha value is -5.19. The molecule has 0 spiro atoms. The molecule has 3 aromatic heterocycles. The first-order valence-electron chi connectivity index (χ1n) is 14.8. The number of hydrogen-bond acceptors (Lipinski definition) is 8. The molecule has 4 heterocycles. The minimum absolute atomic E-state index is 0.0680. The SMILES string of the molecule is Cc1c(NC(=O)c2cc(CN3CC[C@@H](O)C3)cn(C)c2=O)cccc1-c1cccc(Nc2nccc3cc(C=O)cnc23)c1C. The van der Waals surface area contributed by atoms with Crippen molar-refractivity contribution in [3.05, 3.63) is 111 Å². The molecule has 0 saturated carbocycles. The van der Waals surface area contributed by atoms with Crippen LogP contribution in [0.2, 0.25) is 0 Å². The van der Waals surface area contributed by atoms with Crippen molar-refractivity contribution < 1.29 is 14.7 Å². The van der Waals surface area contributed by atoms with Crippen LogP contribution in [0.25, 0.3) is 22.0 Å². The summed E-state index contributed by atoms with van der Waals surface area (Å²) in [5.74, 6) is 0.103. The highest BCUT2D eigenvalue weighted by molar-refractivity contribution is 6.05. The number of benzene rings is 2. The zero-order chi connectivity index (χ0) is 31.7. The minimum Gasteiger partial charge on any atom is -0.392 e. The number of β-amino-alcohol motifs (C(OH)–C–C–N with tert-alkyl or cyclic N) is 1. The summed E-state index contributed by atoms with van der Waals surface area (Å²) in [6.45, 7) is 5.85. The van der Waals surface area contributed by atoms with E-state index in [1.165, 1.54) is 10.8 Å². The third-order valence-electron chi connectivity index (χ3n) is 8.35. The van der Waals surface area contributed by atoms with Gasteiger partial charge >= 0.3 is 0 Å². The van der Waals surface area contributed by atoms with Crippen molar-refractivity contribution >= 4 is 40.3 Å². The average molecular weight is 603 g/mol. The van der Waals surface area contributed by atoms with E-state index >= 15 is 0 Å². The molecular formula is C35H34N6O4. The maximum atomic E-state index is 13.5. The number of carbonyl (C=O) groups is 2. The fraction of sp³-hybridized carbons (Fsp3) is 0.229. The van der Waals surface area contributed by atoms with Gasteiger partial charge in [0.1, 0.15) is 11.1 Å². The Balaban J connectivity index is 1.27. The Bertz CT molecular complexity index is 2000. The summed E-state index contributed by atoms with van der Waals surface area (Å²) in [7, 11) is 1.64. The normalized spacial score (nSPS) is 14.9. The van der Waals surface area contributed by atoms with E-state index in [1.54, 1.807) is 31.6 Å². The largest absolute Gasteiger partial charge is 0.392 e. The van der Waals surface area contributed by atoms with Gasteiger partial charge in [0.05, 0.1) is 6.10 Å². The number of carbonyl (C=O) groups excluding carboxylic acids is 2. The Kier molecular flexibility index (Phi) is 8.25. The molecule has 0 aliphatic carbocycles. The third kappa shape index (κ3) is 6.11. The van der Waals surface area contributed by atoms with Crippen LogP contribution in [0.4, 0.5) is 17.2 Å². The number of pyridine rings is 3. The number of nitrogens with one attached hydrogen (secondary N) is 2. The maximum Gasteiger partial charge on any atom is 0.263 e. The van der Waals surface area contributed by atoms with E-state index in [-0.39, 0.29) is 17.2 Å². The van der Waals surface area contributed by atoms with Gasteiger partial charge in [-0.15, -0.1) is 0 Å². The molecule has 1 aliphatic rings. The molecular weight excluding hydrogens is 568 g/mol. The summed E-state index contributed by atoms with van der Waals surface area (Å²) in [6, 6.07) is 16.9. The lowest BCUT2D eigenvalue weighted by Gasteiger charge is -2.18. The second kappa shape index (κ2) is 12.4. The zero-order valence-electron chi connectivity index (χ0n) is 25.4. The topological polar surface area (TPSA) is 129 Å². The Morgan fingerprint density at radius 1 is 1.04 bits per heavy atom. The number of hydrogen-bond donors (Lipinski definition) is 3. The van der Waals surface area contributed by atoms with Gasteiger partial charge in [-0.2, -0.15) is 0 Å². The molecule has 1 atom stereocenters. The molecule has 2 aromatic carbocycles. The minimum atomic E-state index is -0.474. The number of aryl methyl sites for hydroxylation is 1. The highest BCUT2D eigenvalue weighted by atomic mass is 16.3. The molecule has 10 nitrogen and oxygen atoms in total. The standard InChI is InChI=1S/C35H34N6O4/c1-21-27(6-4-8-30(21)38-33-32-25(10-12-36-33)14-23(20-42)16-37-32)28-7-5-9-31(22(28)2)39-34(44)29-15-24(17-40(3)35(29)45)18-41-13-11-26(43)19-41/h4-10,12,14-17,20,26,43H,11,13,18-19H2,1-3H3,(H,36,38)(H,39,44)/t26-/m1/s1. The number of aliphatic hydroxyl groups excluding tert-OH is 1. The van der Waals surface area contributed by atoms with Gasteiger partial charge in [-0.3, -0.25) is 24.3 Å². The summed E-state index contributed by atoms with van der Waals surface area (Å²) in [5, 5.41) is 17.1. The van der Waals surface area contributed by atoms with E-state index in [1.807, 2.05) is 56.3 Å². The molecule has 10 heteroatoms. The van der Waals surface area contributed by atoms with Crippen molar-refractivity contribution in [2.45, 2.75) is 32.9 Å². The van der Waals surface area contributed by atoms with Crippen LogP contribution < -0.4 is 16.2 Å². The number of likely N-dealkylation sites (tertiary alicyclic amines) is 1. The highest BCUT2D eigenvalue weighted by Gasteiger charge is 2.22. The van der Waals surface area contributed by atoms with Crippen LogP contribution in [0.3, 0.4) is 0 Å². The summed E-state index contributed by atoms with van der Waals surface area (Å²) >= 11 is 0. The van der Waals surface area contributed by atoms with Crippen LogP contribution in [0.5, 0.6) is 0 Å². The van der Waals surface area contributed by atoms with Crippen LogP contribution in [0.1, 0.15) is 43.8 Å². The summed E-state index contributed by atoms with van der Waals surface area (Å²) in [6.07, 6.45) is 6.08. The van der Waals surface area contributed by atoms with E-state index in [9.17, 15) is 19.5 Å². The van der Waals surface area contributed by atoms with Gasteiger partial charge in [-0.25, -0.2) is 4.98 Å². The number of rotatable bonds is 8. The number of anilines is 3. The molecule has 1 aliphatic heterocycles. The second-order valence-electron chi connectivity index (χ2n) is 11.5. The number of fused-ring (bicyclic) bond motifs is 1. The third-order valence-corrected chi connectivity index (χ3v) is 8.35. The molecule has 45 heavy (non-hydrogen) atoms. The first-order chi connectivity index (χ1) is 21.7. The number of nitrogens with zero attached hydrogens (tertiary/aromatic N) is 4. The van der Waals surface area contributed by atoms with E-state index in [4.69, 9.17) is 0 Å². The van der Waals surface area contributed by atoms with Crippen LogP contribution in [-0.4, -0.2) is 55.9 Å². The van der Waals surface area contributed by atoms with Gasteiger partial charge < -0.3 is 20.3 Å². The lowest BCUT2D eigenvalue weighted by Crippen LogP contribution is -2.29. The maximum absolute atomic E-state index is 13.5. The predicted octanol–water partition coefficient (Wildman–Crippen LogP) is 4.99. The monoisotopic (exact) mass is 602 g/mol. The lowest BCUT2D eigenvalue weighted by atomic mass is 9.94. The number of aldehydes is 1. The van der Waals surface area contributed by atoms with Crippen LogP contribution in [0, 0.1) is 13.8 Å². The summed E-state index contributed by atoms with van der Waals surface area (Å²) < 4.78 is 1.43. The van der Waals surface area contributed by atoms with Crippen molar-refractivity contribution in [3.8, 4) is 11.1 Å². The quantitative estimate of drug-likeness (QED) is 0.212. The molecule has 228 valence electrons. The molecule has 5 aromatic rings. The van der Waals surface area contributed by atoms with Crippen LogP contribution in [-0.2, 0) is 13.6 Å². The Morgan fingerprint density at radius 2 is 1.78 bits per heavy atom. The molecule has 1 fully saturated rings. The molecule has 0 unspecified atom stereocenters. The number of amides is 1. The molecule has 6 rings (SSSR count). The van der Waals surface area contributed by atoms with Gasteiger partial charge in [0, 0.05) is 67.6 Å². The average Bonchev–Trinajstić information content (AvgIpc) is 3.44. The number of aromatic nitrogens is 3. The van der Waals surface area contributed by atoms with E-state index in [0.717, 1.165) is 51.7 Å². The molecule has 3 N–H and O–H groups in total. The Labute approximate surface area is 260 Å². The first kappa shape index (κ1) is 29.9. The van der Waals surface area contributed by atoms with Crippen molar-refractivity contribution in [1.82, 2.24) is 19.4 Å². The van der Waals surface area contributed by atoms with Crippen LogP contribution >= 0.6 is 0 Å². The predicted molar refractivity (Wildman–Crippen MR) is 175 cm³/mol. The summed E-state index contributed by atoms with van der Waals surface area (Å²) in [4.78, 5) is 48.7. The van der Waals surface area contributed by atoms with Crippen LogP contribution in [0.15, 0.2) is 78.0 Å². The summed E-state index contributed by atoms with van der Waals surface area (Å²) in [5.41, 5.74) is 6.86. The van der Waals surface area contributed by atoms with Crippen molar-refractivity contribution in [2.24, 2.45) is 7.05 Å². The van der Waals surface area contributed by atoms with Gasteiger partial charge in [-0.05, 0) is 78.4 Å². The van der Waals surface area contributed by atoms with Gasteiger partial charge in [0.2, 0.25) is 0 Å². The molecule has 0 bridgehead atoms. The fourth-order valence-electron chi connectivity index (χ4n) is 5.92.